The SMILES string of the molecule is CC(=O)/C=C(\N)C(=O)NC(C(N)=O)C1CCCC1. The summed E-state index contributed by atoms with van der Waals surface area (Å²) in [6.07, 6.45) is 4.82. The number of allylic oxidation sites excluding steroid dienone is 1. The lowest BCUT2D eigenvalue weighted by atomic mass is 9.97. The first kappa shape index (κ1) is 14.2. The van der Waals surface area contributed by atoms with E-state index in [-0.39, 0.29) is 17.4 Å². The summed E-state index contributed by atoms with van der Waals surface area (Å²) < 4.78 is 0. The molecule has 1 atom stereocenters. The van der Waals surface area contributed by atoms with Crippen LogP contribution in [0.4, 0.5) is 0 Å². The van der Waals surface area contributed by atoms with Crippen LogP contribution in [-0.2, 0) is 14.4 Å². The third-order valence-electron chi connectivity index (χ3n) is 3.09. The second kappa shape index (κ2) is 6.18. The van der Waals surface area contributed by atoms with Gasteiger partial charge in [0.05, 0.1) is 0 Å². The topological polar surface area (TPSA) is 115 Å². The average Bonchev–Trinajstić information content (AvgIpc) is 2.77. The number of carbonyl (C=O) groups is 3. The Bertz CT molecular complexity index is 384. The number of nitrogens with one attached hydrogen (secondary N) is 1. The molecule has 0 radical (unpaired) electrons. The van der Waals surface area contributed by atoms with Crippen LogP contribution in [0.25, 0.3) is 0 Å². The molecule has 0 saturated heterocycles. The molecule has 6 nitrogen and oxygen atoms in total. The summed E-state index contributed by atoms with van der Waals surface area (Å²) in [5.41, 5.74) is 10.5. The Balaban J connectivity index is 2.69. The van der Waals surface area contributed by atoms with Crippen LogP contribution in [0.5, 0.6) is 0 Å². The molecule has 0 aliphatic heterocycles. The summed E-state index contributed by atoms with van der Waals surface area (Å²) in [6, 6.07) is -0.709. The van der Waals surface area contributed by atoms with Crippen molar-refractivity contribution < 1.29 is 14.4 Å². The number of rotatable bonds is 5. The van der Waals surface area contributed by atoms with E-state index in [4.69, 9.17) is 11.5 Å². The largest absolute Gasteiger partial charge is 0.394 e. The van der Waals surface area contributed by atoms with E-state index in [1.807, 2.05) is 0 Å². The third-order valence-corrected chi connectivity index (χ3v) is 3.09. The first-order valence-corrected chi connectivity index (χ1v) is 5.99. The average molecular weight is 253 g/mol. The first-order valence-electron chi connectivity index (χ1n) is 5.99. The minimum Gasteiger partial charge on any atom is -0.394 e. The number of amides is 2. The molecule has 1 unspecified atom stereocenters. The van der Waals surface area contributed by atoms with Gasteiger partial charge in [0, 0.05) is 6.08 Å². The number of hydrogen-bond donors (Lipinski definition) is 3. The van der Waals surface area contributed by atoms with E-state index >= 15 is 0 Å². The summed E-state index contributed by atoms with van der Waals surface area (Å²) in [7, 11) is 0. The van der Waals surface area contributed by atoms with Gasteiger partial charge in [-0.2, -0.15) is 0 Å². The summed E-state index contributed by atoms with van der Waals surface area (Å²) in [5.74, 6) is -1.44. The summed E-state index contributed by atoms with van der Waals surface area (Å²) in [6.45, 7) is 1.29. The van der Waals surface area contributed by atoms with Gasteiger partial charge >= 0.3 is 0 Å². The highest BCUT2D eigenvalue weighted by Gasteiger charge is 2.30. The van der Waals surface area contributed by atoms with Crippen molar-refractivity contribution in [2.75, 3.05) is 0 Å². The Morgan fingerprint density at radius 3 is 2.22 bits per heavy atom. The molecule has 0 bridgehead atoms. The van der Waals surface area contributed by atoms with Crippen molar-refractivity contribution in [3.63, 3.8) is 0 Å². The van der Waals surface area contributed by atoms with Gasteiger partial charge in [0.15, 0.2) is 5.78 Å². The lowest BCUT2D eigenvalue weighted by molar-refractivity contribution is -0.126. The molecular weight excluding hydrogens is 234 g/mol. The van der Waals surface area contributed by atoms with Crippen LogP contribution in [0, 0.1) is 5.92 Å². The van der Waals surface area contributed by atoms with E-state index in [9.17, 15) is 14.4 Å². The van der Waals surface area contributed by atoms with Crippen LogP contribution in [0.2, 0.25) is 0 Å². The fraction of sp³-hybridized carbons (Fsp3) is 0.583. The van der Waals surface area contributed by atoms with Crippen molar-refractivity contribution >= 4 is 17.6 Å². The molecule has 0 aromatic rings. The van der Waals surface area contributed by atoms with Gasteiger partial charge in [0.2, 0.25) is 5.91 Å². The predicted octanol–water partition coefficient (Wildman–Crippen LogP) is -0.422. The highest BCUT2D eigenvalue weighted by molar-refractivity contribution is 6.01. The molecule has 1 aliphatic carbocycles. The standard InChI is InChI=1S/C12H19N3O3/c1-7(16)6-9(13)12(18)15-10(11(14)17)8-4-2-3-5-8/h6,8,10H,2-5,13H2,1H3,(H2,14,17)(H,15,18)/b9-6-. The number of nitrogens with two attached hydrogens (primary N) is 2. The molecule has 0 aromatic carbocycles. The van der Waals surface area contributed by atoms with Crippen molar-refractivity contribution in [3.8, 4) is 0 Å². The Morgan fingerprint density at radius 2 is 1.78 bits per heavy atom. The maximum Gasteiger partial charge on any atom is 0.267 e. The summed E-state index contributed by atoms with van der Waals surface area (Å²) >= 11 is 0. The van der Waals surface area contributed by atoms with Crippen LogP contribution in [-0.4, -0.2) is 23.6 Å². The van der Waals surface area contributed by atoms with Crippen molar-refractivity contribution in [3.05, 3.63) is 11.8 Å². The molecule has 1 aliphatic rings. The second-order valence-corrected chi connectivity index (χ2v) is 4.61. The molecule has 5 N–H and O–H groups in total. The van der Waals surface area contributed by atoms with E-state index in [1.165, 1.54) is 6.92 Å². The lowest BCUT2D eigenvalue weighted by Crippen LogP contribution is -2.49. The maximum absolute atomic E-state index is 11.7. The molecular formula is C12H19N3O3. The number of hydrogen-bond acceptors (Lipinski definition) is 4. The monoisotopic (exact) mass is 253 g/mol. The predicted molar refractivity (Wildman–Crippen MR) is 66.0 cm³/mol. The smallest absolute Gasteiger partial charge is 0.267 e. The zero-order chi connectivity index (χ0) is 13.7. The zero-order valence-electron chi connectivity index (χ0n) is 10.4. The molecule has 1 rings (SSSR count). The van der Waals surface area contributed by atoms with Gasteiger partial charge in [-0.15, -0.1) is 0 Å². The Hall–Kier alpha value is -1.85. The van der Waals surface area contributed by atoms with Gasteiger partial charge in [-0.25, -0.2) is 0 Å². The molecule has 0 heterocycles. The molecule has 18 heavy (non-hydrogen) atoms. The fourth-order valence-corrected chi connectivity index (χ4v) is 2.22. The number of primary amides is 1. The quantitative estimate of drug-likeness (QED) is 0.577. The van der Waals surface area contributed by atoms with Crippen LogP contribution in [0.1, 0.15) is 32.6 Å². The lowest BCUT2D eigenvalue weighted by Gasteiger charge is -2.21. The normalized spacial score (nSPS) is 18.4. The Kier molecular flexibility index (Phi) is 4.88. The zero-order valence-corrected chi connectivity index (χ0v) is 10.4. The van der Waals surface area contributed by atoms with Gasteiger partial charge in [0.1, 0.15) is 11.7 Å². The van der Waals surface area contributed by atoms with Crippen LogP contribution >= 0.6 is 0 Å². The fourth-order valence-electron chi connectivity index (χ4n) is 2.22. The van der Waals surface area contributed by atoms with E-state index in [0.717, 1.165) is 31.8 Å². The third kappa shape index (κ3) is 3.87. The van der Waals surface area contributed by atoms with Gasteiger partial charge in [-0.3, -0.25) is 14.4 Å². The first-order chi connectivity index (χ1) is 8.41. The number of carbonyl (C=O) groups excluding carboxylic acids is 3. The minimum atomic E-state index is -0.709. The molecule has 100 valence electrons. The van der Waals surface area contributed by atoms with Crippen LogP contribution < -0.4 is 16.8 Å². The second-order valence-electron chi connectivity index (χ2n) is 4.61. The van der Waals surface area contributed by atoms with E-state index < -0.39 is 17.9 Å². The van der Waals surface area contributed by atoms with Gasteiger partial charge in [-0.05, 0) is 25.7 Å². The van der Waals surface area contributed by atoms with Crippen LogP contribution in [0.3, 0.4) is 0 Å². The van der Waals surface area contributed by atoms with Gasteiger partial charge < -0.3 is 16.8 Å². The molecule has 0 spiro atoms. The van der Waals surface area contributed by atoms with E-state index in [2.05, 4.69) is 5.32 Å². The summed E-state index contributed by atoms with van der Waals surface area (Å²) in [5, 5.41) is 2.50. The van der Waals surface area contributed by atoms with Gasteiger partial charge in [0.25, 0.3) is 5.91 Å². The van der Waals surface area contributed by atoms with Crippen molar-refractivity contribution in [1.29, 1.82) is 0 Å². The van der Waals surface area contributed by atoms with Crippen molar-refractivity contribution in [1.82, 2.24) is 5.32 Å². The Morgan fingerprint density at radius 1 is 1.22 bits per heavy atom. The molecule has 6 heteroatoms. The number of ketones is 1. The van der Waals surface area contributed by atoms with E-state index in [1.54, 1.807) is 0 Å². The minimum absolute atomic E-state index is 0.0663. The van der Waals surface area contributed by atoms with Crippen LogP contribution in [0.15, 0.2) is 11.8 Å². The highest BCUT2D eigenvalue weighted by Crippen LogP contribution is 2.27. The summed E-state index contributed by atoms with van der Waals surface area (Å²) in [4.78, 5) is 33.8. The maximum atomic E-state index is 11.7. The molecule has 1 fully saturated rings. The van der Waals surface area contributed by atoms with Gasteiger partial charge in [-0.1, -0.05) is 12.8 Å². The molecule has 1 saturated carbocycles. The Labute approximate surface area is 106 Å². The van der Waals surface area contributed by atoms with Crippen molar-refractivity contribution in [2.24, 2.45) is 17.4 Å². The van der Waals surface area contributed by atoms with E-state index in [0.29, 0.717) is 0 Å². The molecule has 0 aromatic heterocycles. The molecule has 2 amide bonds. The van der Waals surface area contributed by atoms with Crippen molar-refractivity contribution in [2.45, 2.75) is 38.6 Å². The highest BCUT2D eigenvalue weighted by atomic mass is 16.2.